The van der Waals surface area contributed by atoms with E-state index in [0.29, 0.717) is 5.92 Å². The van der Waals surface area contributed by atoms with Crippen LogP contribution >= 0.6 is 11.3 Å². The van der Waals surface area contributed by atoms with Gasteiger partial charge in [0.1, 0.15) is 0 Å². The second-order valence-corrected chi connectivity index (χ2v) is 6.75. The van der Waals surface area contributed by atoms with E-state index in [0.717, 1.165) is 10.6 Å². The quantitative estimate of drug-likeness (QED) is 0.759. The van der Waals surface area contributed by atoms with Crippen molar-refractivity contribution in [3.8, 4) is 0 Å². The maximum absolute atomic E-state index is 11.8. The topological polar surface area (TPSA) is 34.1 Å². The van der Waals surface area contributed by atoms with Crippen LogP contribution < -0.4 is 0 Å². The van der Waals surface area contributed by atoms with Crippen LogP contribution in [0.1, 0.15) is 35.4 Å². The van der Waals surface area contributed by atoms with Gasteiger partial charge in [0.25, 0.3) is 0 Å². The van der Waals surface area contributed by atoms with E-state index in [4.69, 9.17) is 0 Å². The normalized spacial score (nSPS) is 18.8. The number of Topliss-reactive ketones (excluding diaryl/α,β-unsaturated/α-hetero) is 1. The largest absolute Gasteiger partial charge is 0.292 e. The van der Waals surface area contributed by atoms with Crippen molar-refractivity contribution in [3.63, 3.8) is 0 Å². The number of hydrogen-bond donors (Lipinski definition) is 0. The summed E-state index contributed by atoms with van der Waals surface area (Å²) in [6.07, 6.45) is 4.92. The van der Waals surface area contributed by atoms with E-state index in [1.807, 2.05) is 11.4 Å². The van der Waals surface area contributed by atoms with Crippen LogP contribution in [0.5, 0.6) is 0 Å². The molecule has 0 saturated heterocycles. The number of carbonyl (C=O) groups excluding carboxylic acids is 1. The number of hydrogen-bond acceptors (Lipinski definition) is 3. The van der Waals surface area contributed by atoms with Gasteiger partial charge in [-0.25, -0.2) is 0 Å². The van der Waals surface area contributed by atoms with Gasteiger partial charge in [0.2, 0.25) is 0 Å². The van der Waals surface area contributed by atoms with Crippen LogP contribution in [0.3, 0.4) is 0 Å². The lowest BCUT2D eigenvalue weighted by Crippen LogP contribution is -2.16. The molecule has 0 aromatic carbocycles. The lowest BCUT2D eigenvalue weighted by molar-refractivity contribution is 0.102. The van der Waals surface area contributed by atoms with Crippen molar-refractivity contribution in [2.75, 3.05) is 11.5 Å². The average molecular weight is 256 g/mol. The minimum atomic E-state index is -0.967. The maximum Gasteiger partial charge on any atom is 0.185 e. The van der Waals surface area contributed by atoms with Crippen molar-refractivity contribution < 1.29 is 9.00 Å². The van der Waals surface area contributed by atoms with Gasteiger partial charge in [0.05, 0.1) is 10.6 Å². The smallest absolute Gasteiger partial charge is 0.185 e. The van der Waals surface area contributed by atoms with E-state index < -0.39 is 10.8 Å². The van der Waals surface area contributed by atoms with Gasteiger partial charge in [-0.15, -0.1) is 11.3 Å². The highest BCUT2D eigenvalue weighted by Crippen LogP contribution is 2.25. The number of carbonyl (C=O) groups is 1. The third kappa shape index (κ3) is 3.25. The molecule has 4 heteroatoms. The molecule has 1 atom stereocenters. The van der Waals surface area contributed by atoms with Gasteiger partial charge < -0.3 is 0 Å². The molecule has 1 heterocycles. The molecule has 1 saturated carbocycles. The van der Waals surface area contributed by atoms with Gasteiger partial charge in [-0.05, 0) is 30.2 Å². The van der Waals surface area contributed by atoms with Crippen LogP contribution in [-0.2, 0) is 10.8 Å². The molecule has 1 aromatic heterocycles. The summed E-state index contributed by atoms with van der Waals surface area (Å²) in [5, 5.41) is 1.88. The van der Waals surface area contributed by atoms with E-state index in [-0.39, 0.29) is 11.5 Å². The third-order valence-corrected chi connectivity index (χ3v) is 5.32. The zero-order valence-corrected chi connectivity index (χ0v) is 10.8. The zero-order chi connectivity index (χ0) is 11.4. The molecule has 2 nitrogen and oxygen atoms in total. The van der Waals surface area contributed by atoms with Crippen molar-refractivity contribution in [1.29, 1.82) is 0 Å². The Balaban J connectivity index is 1.80. The van der Waals surface area contributed by atoms with Crippen LogP contribution in [0.4, 0.5) is 0 Å². The summed E-state index contributed by atoms with van der Waals surface area (Å²) >= 11 is 1.43. The Bertz CT molecular complexity index is 364. The molecule has 1 unspecified atom stereocenters. The van der Waals surface area contributed by atoms with Gasteiger partial charge in [-0.1, -0.05) is 18.9 Å². The molecule has 1 aliphatic rings. The molecule has 0 bridgehead atoms. The molecular weight excluding hydrogens is 240 g/mol. The second-order valence-electron chi connectivity index (χ2n) is 4.30. The Labute approximate surface area is 103 Å². The summed E-state index contributed by atoms with van der Waals surface area (Å²) in [5.74, 6) is 1.55. The molecule has 16 heavy (non-hydrogen) atoms. The predicted octanol–water partition coefficient (Wildman–Crippen LogP) is 2.87. The molecule has 1 aromatic rings. The molecule has 1 fully saturated rings. The van der Waals surface area contributed by atoms with Crippen LogP contribution in [-0.4, -0.2) is 21.5 Å². The fourth-order valence-electron chi connectivity index (χ4n) is 2.15. The Morgan fingerprint density at radius 3 is 2.81 bits per heavy atom. The molecule has 0 aliphatic heterocycles. The second kappa shape index (κ2) is 5.73. The zero-order valence-electron chi connectivity index (χ0n) is 9.19. The van der Waals surface area contributed by atoms with Gasteiger partial charge in [0, 0.05) is 16.6 Å². The molecule has 0 amide bonds. The van der Waals surface area contributed by atoms with Crippen molar-refractivity contribution >= 4 is 27.9 Å². The van der Waals surface area contributed by atoms with E-state index in [9.17, 15) is 9.00 Å². The summed E-state index contributed by atoms with van der Waals surface area (Å²) in [4.78, 5) is 12.4. The SMILES string of the molecule is O=C(CS(=O)CC1CCCC1)c1cccs1. The van der Waals surface area contributed by atoms with Crippen molar-refractivity contribution in [1.82, 2.24) is 0 Å². The minimum absolute atomic E-state index is 0.0336. The highest BCUT2D eigenvalue weighted by molar-refractivity contribution is 7.85. The Kier molecular flexibility index (Phi) is 4.29. The first-order valence-corrected chi connectivity index (χ1v) is 8.04. The first-order valence-electron chi connectivity index (χ1n) is 5.67. The summed E-state index contributed by atoms with van der Waals surface area (Å²) in [7, 11) is -0.967. The number of ketones is 1. The van der Waals surface area contributed by atoms with E-state index >= 15 is 0 Å². The van der Waals surface area contributed by atoms with Crippen LogP contribution in [0, 0.1) is 5.92 Å². The standard InChI is InChI=1S/C12H16O2S2/c13-11(12-6-3-7-15-12)9-16(14)8-10-4-1-2-5-10/h3,6-7,10H,1-2,4-5,8-9H2. The van der Waals surface area contributed by atoms with Gasteiger partial charge in [-0.2, -0.15) is 0 Å². The van der Waals surface area contributed by atoms with Gasteiger partial charge >= 0.3 is 0 Å². The van der Waals surface area contributed by atoms with Crippen molar-refractivity contribution in [3.05, 3.63) is 22.4 Å². The molecule has 0 radical (unpaired) electrons. The van der Waals surface area contributed by atoms with Gasteiger partial charge in [0.15, 0.2) is 5.78 Å². The summed E-state index contributed by atoms with van der Waals surface area (Å²) < 4.78 is 11.8. The first kappa shape index (κ1) is 12.0. The molecular formula is C12H16O2S2. The summed E-state index contributed by atoms with van der Waals surface area (Å²) in [5.41, 5.74) is 0. The highest BCUT2D eigenvalue weighted by atomic mass is 32.2. The van der Waals surface area contributed by atoms with E-state index in [2.05, 4.69) is 0 Å². The lowest BCUT2D eigenvalue weighted by Gasteiger charge is -2.07. The molecule has 0 spiro atoms. The summed E-state index contributed by atoms with van der Waals surface area (Å²) in [6, 6.07) is 3.66. The predicted molar refractivity (Wildman–Crippen MR) is 68.5 cm³/mol. The monoisotopic (exact) mass is 256 g/mol. The fraction of sp³-hybridized carbons (Fsp3) is 0.583. The van der Waals surface area contributed by atoms with Crippen molar-refractivity contribution in [2.24, 2.45) is 5.92 Å². The molecule has 1 aliphatic carbocycles. The lowest BCUT2D eigenvalue weighted by atomic mass is 10.1. The van der Waals surface area contributed by atoms with Crippen molar-refractivity contribution in [2.45, 2.75) is 25.7 Å². The highest BCUT2D eigenvalue weighted by Gasteiger charge is 2.19. The number of thiophene rings is 1. The fourth-order valence-corrected chi connectivity index (χ4v) is 4.33. The molecule has 88 valence electrons. The Hall–Kier alpha value is -0.480. The van der Waals surface area contributed by atoms with Crippen LogP contribution in [0.2, 0.25) is 0 Å². The maximum atomic E-state index is 11.8. The minimum Gasteiger partial charge on any atom is -0.292 e. The molecule has 0 N–H and O–H groups in total. The Morgan fingerprint density at radius 2 is 2.19 bits per heavy atom. The summed E-state index contributed by atoms with van der Waals surface area (Å²) in [6.45, 7) is 0. The number of rotatable bonds is 5. The van der Waals surface area contributed by atoms with E-state index in [1.165, 1.54) is 37.0 Å². The first-order chi connectivity index (χ1) is 7.75. The van der Waals surface area contributed by atoms with E-state index in [1.54, 1.807) is 6.07 Å². The van der Waals surface area contributed by atoms with Crippen LogP contribution in [0.25, 0.3) is 0 Å². The average Bonchev–Trinajstić information content (AvgIpc) is 2.88. The Morgan fingerprint density at radius 1 is 1.44 bits per heavy atom. The van der Waals surface area contributed by atoms with Gasteiger partial charge in [-0.3, -0.25) is 9.00 Å². The molecule has 2 rings (SSSR count). The van der Waals surface area contributed by atoms with Crippen LogP contribution in [0.15, 0.2) is 17.5 Å². The third-order valence-electron chi connectivity index (χ3n) is 2.98.